The molecule has 4 atom stereocenters. The van der Waals surface area contributed by atoms with E-state index in [4.69, 9.17) is 23.2 Å². The lowest BCUT2D eigenvalue weighted by Crippen LogP contribution is -2.52. The maximum absolute atomic E-state index is 15.5. The van der Waals surface area contributed by atoms with Crippen molar-refractivity contribution in [1.82, 2.24) is 4.90 Å². The molecule has 0 unspecified atom stereocenters. The van der Waals surface area contributed by atoms with E-state index in [-0.39, 0.29) is 30.2 Å². The zero-order chi connectivity index (χ0) is 22.2. The Morgan fingerprint density at radius 3 is 2.67 bits per heavy atom. The molecule has 0 aromatic heterocycles. The Morgan fingerprint density at radius 2 is 1.91 bits per heavy atom. The van der Waals surface area contributed by atoms with Gasteiger partial charge in [-0.2, -0.15) is 0 Å². The highest BCUT2D eigenvalue weighted by Crippen LogP contribution is 2.62. The lowest BCUT2D eigenvalue weighted by Gasteiger charge is -2.40. The minimum Gasteiger partial charge on any atom is -0.324 e. The van der Waals surface area contributed by atoms with Crippen molar-refractivity contribution in [1.29, 1.82) is 0 Å². The molecule has 0 bridgehead atoms. The maximum Gasteiger partial charge on any atom is 0.250 e. The van der Waals surface area contributed by atoms with Crippen LogP contribution < -0.4 is 5.32 Å². The first kappa shape index (κ1) is 22.8. The molecule has 2 aliphatic heterocycles. The summed E-state index contributed by atoms with van der Waals surface area (Å²) in [6, 6.07) is 10.2. The zero-order valence-corrected chi connectivity index (χ0v) is 18.9. The van der Waals surface area contributed by atoms with Crippen molar-refractivity contribution in [3.05, 3.63) is 63.4 Å². The van der Waals surface area contributed by atoms with Gasteiger partial charge in [0.15, 0.2) is 0 Å². The van der Waals surface area contributed by atoms with Gasteiger partial charge in [0.2, 0.25) is 5.91 Å². The number of nitrogens with one attached hydrogen (secondary N) is 1. The smallest absolute Gasteiger partial charge is 0.250 e. The van der Waals surface area contributed by atoms with Gasteiger partial charge in [0, 0.05) is 47.1 Å². The Kier molecular flexibility index (Phi) is 5.58. The number of hydrogen-bond acceptors (Lipinski definition) is 3. The average Bonchev–Trinajstić information content (AvgIpc) is 3.47. The second-order valence-electron chi connectivity index (χ2n) is 9.58. The van der Waals surface area contributed by atoms with Crippen LogP contribution in [0.5, 0.6) is 0 Å². The molecule has 3 fully saturated rings. The van der Waals surface area contributed by atoms with E-state index in [0.29, 0.717) is 28.6 Å². The summed E-state index contributed by atoms with van der Waals surface area (Å²) in [6.07, 6.45) is 4.30. The van der Waals surface area contributed by atoms with Gasteiger partial charge in [-0.15, -0.1) is 0 Å². The number of hydrogen-bond donors (Lipinski definition) is 1. The predicted molar refractivity (Wildman–Crippen MR) is 128 cm³/mol. The number of nitrogens with zero attached hydrogens (tertiary/aromatic N) is 1. The van der Waals surface area contributed by atoms with Crippen LogP contribution in [0.15, 0.2) is 36.4 Å². The molecule has 6 rings (SSSR count). The standard InChI is InChI=1S/C25H23Cl2FN2O2.CH4/c26-14-9-10-16-18(11-14)29-24(32)25(16)22(15-3-1-4-17(27)23(15)28)21-19(5-2-6-20(21)31)30(25)12-13-7-8-13;/h1,3-4,9-11,13,19,21-22H,2,5-8,12H2,(H,29,32);1H4/t19-,21-,22-,25+;/m0./s1. The largest absolute Gasteiger partial charge is 0.324 e. The normalized spacial score (nSPS) is 30.7. The Balaban J connectivity index is 0.00000228. The quantitative estimate of drug-likeness (QED) is 0.562. The number of carbonyl (C=O) groups is 2. The van der Waals surface area contributed by atoms with Crippen LogP contribution in [0.4, 0.5) is 10.1 Å². The molecule has 1 spiro atoms. The number of Topliss-reactive ketones (excluding diaryl/α,β-unsaturated/α-hetero) is 1. The molecule has 4 aliphatic rings. The summed E-state index contributed by atoms with van der Waals surface area (Å²) in [7, 11) is 0. The van der Waals surface area contributed by atoms with E-state index in [1.165, 1.54) is 6.07 Å². The van der Waals surface area contributed by atoms with Crippen LogP contribution in [-0.2, 0) is 15.1 Å². The monoisotopic (exact) mass is 488 g/mol. The second-order valence-corrected chi connectivity index (χ2v) is 10.4. The molecule has 2 aromatic carbocycles. The van der Waals surface area contributed by atoms with Gasteiger partial charge in [0.25, 0.3) is 0 Å². The second kappa shape index (κ2) is 8.07. The minimum atomic E-state index is -1.16. The number of halogens is 3. The Morgan fingerprint density at radius 1 is 1.12 bits per heavy atom. The van der Waals surface area contributed by atoms with E-state index in [0.717, 1.165) is 37.8 Å². The summed E-state index contributed by atoms with van der Waals surface area (Å²) >= 11 is 12.4. The number of anilines is 1. The zero-order valence-electron chi connectivity index (χ0n) is 17.4. The Hall–Kier alpha value is -1.95. The Labute approximate surface area is 203 Å². The SMILES string of the molecule is C.O=C1CCC[C@H]2[C@@H]1[C@H](c1cccc(Cl)c1F)[C@]1(C(=O)Nc3cc(Cl)ccc31)N2CC1CC1. The van der Waals surface area contributed by atoms with Gasteiger partial charge in [-0.3, -0.25) is 14.5 Å². The number of rotatable bonds is 3. The van der Waals surface area contributed by atoms with Crippen LogP contribution in [0, 0.1) is 17.7 Å². The highest BCUT2D eigenvalue weighted by atomic mass is 35.5. The summed E-state index contributed by atoms with van der Waals surface area (Å²) < 4.78 is 15.5. The summed E-state index contributed by atoms with van der Waals surface area (Å²) in [5.74, 6) is -1.25. The van der Waals surface area contributed by atoms with Crippen LogP contribution in [0.25, 0.3) is 0 Å². The lowest BCUT2D eigenvalue weighted by molar-refractivity contribution is -0.128. The molecular weight excluding hydrogens is 462 g/mol. The molecule has 2 aliphatic carbocycles. The van der Waals surface area contributed by atoms with Crippen LogP contribution in [-0.4, -0.2) is 29.2 Å². The number of likely N-dealkylation sites (tertiary alicyclic amines) is 1. The molecule has 7 heteroatoms. The van der Waals surface area contributed by atoms with E-state index < -0.39 is 23.2 Å². The number of benzene rings is 2. The summed E-state index contributed by atoms with van der Waals surface area (Å²) in [6.45, 7) is 0.725. The third-order valence-electron chi connectivity index (χ3n) is 7.83. The molecule has 2 saturated carbocycles. The van der Waals surface area contributed by atoms with Crippen molar-refractivity contribution < 1.29 is 14.0 Å². The van der Waals surface area contributed by atoms with Crippen molar-refractivity contribution >= 4 is 40.6 Å². The number of ketones is 1. The van der Waals surface area contributed by atoms with Gasteiger partial charge in [0.05, 0.1) is 5.02 Å². The Bertz CT molecular complexity index is 1150. The van der Waals surface area contributed by atoms with Gasteiger partial charge in [-0.05, 0) is 55.4 Å². The van der Waals surface area contributed by atoms with Gasteiger partial charge < -0.3 is 5.32 Å². The van der Waals surface area contributed by atoms with Gasteiger partial charge >= 0.3 is 0 Å². The molecule has 33 heavy (non-hydrogen) atoms. The molecule has 4 nitrogen and oxygen atoms in total. The molecule has 1 amide bonds. The third-order valence-corrected chi connectivity index (χ3v) is 8.35. The number of fused-ring (bicyclic) bond motifs is 3. The first-order valence-corrected chi connectivity index (χ1v) is 12.0. The molecule has 1 N–H and O–H groups in total. The highest BCUT2D eigenvalue weighted by Gasteiger charge is 2.69. The predicted octanol–water partition coefficient (Wildman–Crippen LogP) is 6.16. The molecule has 2 aromatic rings. The van der Waals surface area contributed by atoms with E-state index in [9.17, 15) is 9.59 Å². The van der Waals surface area contributed by atoms with E-state index in [1.807, 2.05) is 6.07 Å². The van der Waals surface area contributed by atoms with Crippen molar-refractivity contribution in [3.8, 4) is 0 Å². The highest BCUT2D eigenvalue weighted by molar-refractivity contribution is 6.31. The molecular formula is C26H27Cl2FN2O2. The fourth-order valence-corrected chi connectivity index (χ4v) is 6.78. The van der Waals surface area contributed by atoms with Gasteiger partial charge in [-0.1, -0.05) is 48.8 Å². The van der Waals surface area contributed by atoms with Crippen molar-refractivity contribution in [2.45, 2.75) is 57.0 Å². The fraction of sp³-hybridized carbons (Fsp3) is 0.462. The molecule has 2 heterocycles. The number of carbonyl (C=O) groups excluding carboxylic acids is 2. The van der Waals surface area contributed by atoms with Crippen LogP contribution in [0.2, 0.25) is 10.0 Å². The molecule has 1 saturated heterocycles. The molecule has 174 valence electrons. The van der Waals surface area contributed by atoms with Crippen LogP contribution >= 0.6 is 23.2 Å². The van der Waals surface area contributed by atoms with Crippen LogP contribution in [0.3, 0.4) is 0 Å². The van der Waals surface area contributed by atoms with Crippen LogP contribution in [0.1, 0.15) is 56.6 Å². The first-order chi connectivity index (χ1) is 15.4. The molecule has 0 radical (unpaired) electrons. The summed E-state index contributed by atoms with van der Waals surface area (Å²) in [4.78, 5) is 29.6. The fourth-order valence-electron chi connectivity index (χ4n) is 6.43. The van der Waals surface area contributed by atoms with Crippen molar-refractivity contribution in [2.24, 2.45) is 11.8 Å². The van der Waals surface area contributed by atoms with Crippen molar-refractivity contribution in [3.63, 3.8) is 0 Å². The first-order valence-electron chi connectivity index (χ1n) is 11.3. The van der Waals surface area contributed by atoms with E-state index in [2.05, 4.69) is 10.2 Å². The third kappa shape index (κ3) is 3.19. The van der Waals surface area contributed by atoms with E-state index >= 15 is 4.39 Å². The topological polar surface area (TPSA) is 49.4 Å². The number of amides is 1. The van der Waals surface area contributed by atoms with Gasteiger partial charge in [0.1, 0.15) is 17.1 Å². The lowest BCUT2D eigenvalue weighted by atomic mass is 9.68. The van der Waals surface area contributed by atoms with Crippen molar-refractivity contribution in [2.75, 3.05) is 11.9 Å². The average molecular weight is 489 g/mol. The van der Waals surface area contributed by atoms with E-state index in [1.54, 1.807) is 24.3 Å². The maximum atomic E-state index is 15.5. The summed E-state index contributed by atoms with van der Waals surface area (Å²) in [5.41, 5.74) is 0.601. The minimum absolute atomic E-state index is 0. The summed E-state index contributed by atoms with van der Waals surface area (Å²) in [5, 5.41) is 3.55. The van der Waals surface area contributed by atoms with Gasteiger partial charge in [-0.25, -0.2) is 4.39 Å².